The van der Waals surface area contributed by atoms with Crippen LogP contribution in [-0.2, 0) is 4.74 Å². The Kier molecular flexibility index (Phi) is 3.28. The number of rotatable bonds is 4. The molecule has 0 radical (unpaired) electrons. The second-order valence-electron chi connectivity index (χ2n) is 4.48. The lowest BCUT2D eigenvalue weighted by atomic mass is 10.2. The fourth-order valence-electron chi connectivity index (χ4n) is 1.67. The zero-order valence-corrected chi connectivity index (χ0v) is 10.9. The van der Waals surface area contributed by atoms with Crippen LogP contribution < -0.4 is 4.74 Å². The molecule has 0 bridgehead atoms. The van der Waals surface area contributed by atoms with E-state index in [2.05, 4.69) is 19.7 Å². The molecule has 1 saturated carbocycles. The van der Waals surface area contributed by atoms with Gasteiger partial charge in [0.25, 0.3) is 0 Å². The zero-order chi connectivity index (χ0) is 13.9. The highest BCUT2D eigenvalue weighted by Crippen LogP contribution is 2.26. The summed E-state index contributed by atoms with van der Waals surface area (Å²) >= 11 is 0. The third-order valence-electron chi connectivity index (χ3n) is 2.87. The van der Waals surface area contributed by atoms with Gasteiger partial charge in [-0.05, 0) is 18.9 Å². The largest absolute Gasteiger partial charge is 0.474 e. The highest BCUT2D eigenvalue weighted by Gasteiger charge is 2.23. The third kappa shape index (κ3) is 2.74. The van der Waals surface area contributed by atoms with E-state index < -0.39 is 5.97 Å². The predicted octanol–water partition coefficient (Wildman–Crippen LogP) is 1.87. The number of carbonyl (C=O) groups excluding carboxylic acids is 1. The minimum Gasteiger partial charge on any atom is -0.474 e. The fraction of sp³-hybridized carbons (Fsp3) is 0.286. The molecule has 0 saturated heterocycles. The van der Waals surface area contributed by atoms with Crippen molar-refractivity contribution in [1.29, 1.82) is 0 Å². The second kappa shape index (κ2) is 5.24. The molecular weight excluding hydrogens is 258 g/mol. The highest BCUT2D eigenvalue weighted by atomic mass is 16.5. The van der Waals surface area contributed by atoms with Crippen LogP contribution in [0.4, 0.5) is 0 Å². The lowest BCUT2D eigenvalue weighted by Gasteiger charge is -2.05. The number of carbonyl (C=O) groups is 1. The maximum absolute atomic E-state index is 11.4. The first-order chi connectivity index (χ1) is 9.76. The summed E-state index contributed by atoms with van der Waals surface area (Å²) in [5, 5.41) is 0. The van der Waals surface area contributed by atoms with Gasteiger partial charge >= 0.3 is 5.97 Å². The van der Waals surface area contributed by atoms with Gasteiger partial charge in [0.05, 0.1) is 25.2 Å². The second-order valence-corrected chi connectivity index (χ2v) is 4.48. The maximum Gasteiger partial charge on any atom is 0.358 e. The van der Waals surface area contributed by atoms with E-state index in [0.29, 0.717) is 17.7 Å². The Hall–Kier alpha value is -2.50. The summed E-state index contributed by atoms with van der Waals surface area (Å²) in [4.78, 5) is 23.8. The van der Waals surface area contributed by atoms with Crippen LogP contribution in [0.5, 0.6) is 5.88 Å². The van der Waals surface area contributed by atoms with E-state index in [4.69, 9.17) is 4.74 Å². The van der Waals surface area contributed by atoms with E-state index >= 15 is 0 Å². The summed E-state index contributed by atoms with van der Waals surface area (Å²) in [5.74, 6) is 0.0920. The molecule has 2 heterocycles. The Labute approximate surface area is 115 Å². The highest BCUT2D eigenvalue weighted by molar-refractivity contribution is 5.87. The van der Waals surface area contributed by atoms with Crippen molar-refractivity contribution in [3.63, 3.8) is 0 Å². The maximum atomic E-state index is 11.4. The topological polar surface area (TPSA) is 74.2 Å². The molecule has 102 valence electrons. The molecule has 6 heteroatoms. The molecule has 0 aliphatic heterocycles. The molecule has 0 atom stereocenters. The van der Waals surface area contributed by atoms with Crippen LogP contribution in [0.2, 0.25) is 0 Å². The van der Waals surface area contributed by atoms with Crippen molar-refractivity contribution in [3.05, 3.63) is 36.4 Å². The van der Waals surface area contributed by atoms with E-state index in [1.807, 2.05) is 6.07 Å². The molecule has 1 aliphatic carbocycles. The normalized spacial score (nSPS) is 13.8. The van der Waals surface area contributed by atoms with Crippen molar-refractivity contribution in [2.75, 3.05) is 7.11 Å². The minimum absolute atomic E-state index is 0.170. The number of ether oxygens (including phenoxy) is 2. The van der Waals surface area contributed by atoms with Crippen molar-refractivity contribution in [3.8, 4) is 17.1 Å². The number of pyridine rings is 1. The number of esters is 1. The van der Waals surface area contributed by atoms with Crippen LogP contribution in [0.15, 0.2) is 30.7 Å². The summed E-state index contributed by atoms with van der Waals surface area (Å²) in [6.07, 6.45) is 7.10. The van der Waals surface area contributed by atoms with Gasteiger partial charge in [0.15, 0.2) is 5.69 Å². The predicted molar refractivity (Wildman–Crippen MR) is 70.3 cm³/mol. The van der Waals surface area contributed by atoms with Gasteiger partial charge in [0.1, 0.15) is 6.10 Å². The summed E-state index contributed by atoms with van der Waals surface area (Å²) in [7, 11) is 1.31. The molecule has 6 nitrogen and oxygen atoms in total. The van der Waals surface area contributed by atoms with E-state index in [-0.39, 0.29) is 5.69 Å². The Balaban J connectivity index is 1.82. The van der Waals surface area contributed by atoms with Crippen LogP contribution in [0.3, 0.4) is 0 Å². The number of aromatic nitrogens is 3. The Morgan fingerprint density at radius 3 is 2.75 bits per heavy atom. The van der Waals surface area contributed by atoms with Crippen LogP contribution in [0.25, 0.3) is 11.3 Å². The zero-order valence-electron chi connectivity index (χ0n) is 10.9. The van der Waals surface area contributed by atoms with Crippen LogP contribution in [-0.4, -0.2) is 34.1 Å². The van der Waals surface area contributed by atoms with Crippen molar-refractivity contribution in [2.45, 2.75) is 18.9 Å². The molecule has 0 unspecified atom stereocenters. The standard InChI is InChI=1S/C14H13N3O3/c1-19-14(18)12-8-15-7-11(17-12)9-2-5-13(16-6-9)20-10-3-4-10/h2,5-8,10H,3-4H2,1H3. The average molecular weight is 271 g/mol. The molecule has 0 aromatic carbocycles. The monoisotopic (exact) mass is 271 g/mol. The Morgan fingerprint density at radius 2 is 2.10 bits per heavy atom. The molecule has 0 spiro atoms. The van der Waals surface area contributed by atoms with Crippen LogP contribution in [0, 0.1) is 0 Å². The molecule has 20 heavy (non-hydrogen) atoms. The summed E-state index contributed by atoms with van der Waals surface area (Å²) in [6, 6.07) is 3.63. The number of hydrogen-bond donors (Lipinski definition) is 0. The SMILES string of the molecule is COC(=O)c1cncc(-c2ccc(OC3CC3)nc2)n1. The molecule has 1 fully saturated rings. The Morgan fingerprint density at radius 1 is 1.25 bits per heavy atom. The van der Waals surface area contributed by atoms with Gasteiger partial charge in [-0.3, -0.25) is 4.98 Å². The van der Waals surface area contributed by atoms with E-state index in [1.165, 1.54) is 13.3 Å². The van der Waals surface area contributed by atoms with Crippen molar-refractivity contribution in [1.82, 2.24) is 15.0 Å². The number of hydrogen-bond acceptors (Lipinski definition) is 6. The Bertz CT molecular complexity index is 624. The van der Waals surface area contributed by atoms with E-state index in [1.54, 1.807) is 18.5 Å². The molecular formula is C14H13N3O3. The smallest absolute Gasteiger partial charge is 0.358 e. The molecule has 0 amide bonds. The molecule has 2 aromatic rings. The summed E-state index contributed by atoms with van der Waals surface area (Å²) in [5.41, 5.74) is 1.51. The third-order valence-corrected chi connectivity index (χ3v) is 2.87. The van der Waals surface area contributed by atoms with E-state index in [0.717, 1.165) is 18.4 Å². The molecule has 2 aromatic heterocycles. The van der Waals surface area contributed by atoms with Gasteiger partial charge in [-0.15, -0.1) is 0 Å². The summed E-state index contributed by atoms with van der Waals surface area (Å²) in [6.45, 7) is 0. The first-order valence-electron chi connectivity index (χ1n) is 6.29. The first kappa shape index (κ1) is 12.5. The van der Waals surface area contributed by atoms with Crippen molar-refractivity contribution < 1.29 is 14.3 Å². The molecule has 0 N–H and O–H groups in total. The lowest BCUT2D eigenvalue weighted by Crippen LogP contribution is -2.05. The minimum atomic E-state index is -0.513. The molecule has 1 aliphatic rings. The van der Waals surface area contributed by atoms with Crippen molar-refractivity contribution >= 4 is 5.97 Å². The van der Waals surface area contributed by atoms with Gasteiger partial charge < -0.3 is 9.47 Å². The first-order valence-corrected chi connectivity index (χ1v) is 6.29. The van der Waals surface area contributed by atoms with Crippen LogP contribution >= 0.6 is 0 Å². The quantitative estimate of drug-likeness (QED) is 0.790. The summed E-state index contributed by atoms with van der Waals surface area (Å²) < 4.78 is 10.2. The number of nitrogens with zero attached hydrogens (tertiary/aromatic N) is 3. The van der Waals surface area contributed by atoms with Gasteiger partial charge in [-0.25, -0.2) is 14.8 Å². The van der Waals surface area contributed by atoms with Crippen molar-refractivity contribution in [2.24, 2.45) is 0 Å². The van der Waals surface area contributed by atoms with E-state index in [9.17, 15) is 4.79 Å². The number of methoxy groups -OCH3 is 1. The average Bonchev–Trinajstić information content (AvgIpc) is 3.31. The van der Waals surface area contributed by atoms with Gasteiger partial charge in [0.2, 0.25) is 5.88 Å². The van der Waals surface area contributed by atoms with Gasteiger partial charge in [0, 0.05) is 17.8 Å². The van der Waals surface area contributed by atoms with Gasteiger partial charge in [-0.1, -0.05) is 0 Å². The lowest BCUT2D eigenvalue weighted by molar-refractivity contribution is 0.0593. The van der Waals surface area contributed by atoms with Gasteiger partial charge in [-0.2, -0.15) is 0 Å². The van der Waals surface area contributed by atoms with Crippen LogP contribution in [0.1, 0.15) is 23.3 Å². The fourth-order valence-corrected chi connectivity index (χ4v) is 1.67. The molecule has 3 rings (SSSR count).